The van der Waals surface area contributed by atoms with Crippen LogP contribution in [0.15, 0.2) is 48.5 Å². The lowest BCUT2D eigenvalue weighted by molar-refractivity contribution is -0.138. The van der Waals surface area contributed by atoms with E-state index >= 15 is 0 Å². The van der Waals surface area contributed by atoms with Crippen molar-refractivity contribution in [1.82, 2.24) is 18.8 Å². The molecule has 1 aliphatic heterocycles. The Hall–Kier alpha value is -2.90. The Bertz CT molecular complexity index is 1570. The van der Waals surface area contributed by atoms with Gasteiger partial charge in [-0.1, -0.05) is 24.3 Å². The zero-order valence-electron chi connectivity index (χ0n) is 21.4. The van der Waals surface area contributed by atoms with Gasteiger partial charge in [0.1, 0.15) is 6.54 Å². The lowest BCUT2D eigenvalue weighted by atomic mass is 9.79. The Balaban J connectivity index is 1.28. The summed E-state index contributed by atoms with van der Waals surface area (Å²) in [5, 5.41) is 4.57. The highest BCUT2D eigenvalue weighted by Crippen LogP contribution is 2.51. The molecule has 3 aromatic rings. The summed E-state index contributed by atoms with van der Waals surface area (Å²) in [6.45, 7) is -1.72. The second-order valence-corrected chi connectivity index (χ2v) is 12.7. The predicted molar refractivity (Wildman–Crippen MR) is 135 cm³/mol. The number of benzene rings is 2. The van der Waals surface area contributed by atoms with Crippen molar-refractivity contribution in [2.45, 2.75) is 43.6 Å². The smallest absolute Gasteiger partial charge is 0.267 e. The SMILES string of the molecule is Cn1nc(-c2ccc3c(c2)CC2CCC(C3)C23CN(CC(F)(F)F)S(=O)(=O)N3)cc1-c1ccc(C(F)(F)F)cc1. The number of hydrogen-bond acceptors (Lipinski definition) is 3. The van der Waals surface area contributed by atoms with E-state index in [4.69, 9.17) is 0 Å². The topological polar surface area (TPSA) is 67.2 Å². The fourth-order valence-electron chi connectivity index (χ4n) is 6.71. The molecule has 40 heavy (non-hydrogen) atoms. The van der Waals surface area contributed by atoms with Crippen LogP contribution in [0.5, 0.6) is 0 Å². The van der Waals surface area contributed by atoms with Crippen LogP contribution in [0, 0.1) is 11.8 Å². The van der Waals surface area contributed by atoms with E-state index in [2.05, 4.69) is 9.82 Å². The van der Waals surface area contributed by atoms with Crippen LogP contribution in [-0.4, -0.2) is 47.3 Å². The first-order chi connectivity index (χ1) is 18.6. The van der Waals surface area contributed by atoms with Gasteiger partial charge in [-0.2, -0.15) is 48.9 Å². The molecule has 214 valence electrons. The normalized spacial score (nSPS) is 26.3. The highest BCUT2D eigenvalue weighted by Gasteiger charge is 2.60. The van der Waals surface area contributed by atoms with Crippen molar-refractivity contribution in [3.8, 4) is 22.5 Å². The number of aromatic nitrogens is 2. The number of halogens is 6. The van der Waals surface area contributed by atoms with Crippen molar-refractivity contribution < 1.29 is 34.8 Å². The van der Waals surface area contributed by atoms with Gasteiger partial charge in [0.2, 0.25) is 0 Å². The highest BCUT2D eigenvalue weighted by atomic mass is 32.2. The standard InChI is InChI=1S/C27H26F6N4O2S/c1-36-24(16-4-6-20(7-5-16)27(31,32)33)13-23(34-36)18-3-2-17-11-21-8-9-22(12-19(17)10-18)25(21)14-37(15-26(28,29)30)40(38,39)35-25/h2-7,10,13,21-22,35H,8-9,11-12,14-15H2,1H3. The summed E-state index contributed by atoms with van der Waals surface area (Å²) in [6, 6.07) is 12.5. The highest BCUT2D eigenvalue weighted by molar-refractivity contribution is 7.87. The molecule has 2 aromatic carbocycles. The van der Waals surface area contributed by atoms with Gasteiger partial charge >= 0.3 is 12.4 Å². The van der Waals surface area contributed by atoms with Gasteiger partial charge in [-0.15, -0.1) is 0 Å². The van der Waals surface area contributed by atoms with Crippen molar-refractivity contribution in [2.75, 3.05) is 13.1 Å². The second kappa shape index (κ2) is 9.05. The summed E-state index contributed by atoms with van der Waals surface area (Å²) in [5.74, 6) is -0.285. The molecule has 3 unspecified atom stereocenters. The van der Waals surface area contributed by atoms with E-state index in [1.807, 2.05) is 18.2 Å². The molecule has 2 fully saturated rings. The van der Waals surface area contributed by atoms with Gasteiger partial charge in [-0.05, 0) is 78.5 Å². The third-order valence-corrected chi connectivity index (χ3v) is 10.2. The molecule has 13 heteroatoms. The van der Waals surface area contributed by atoms with Crippen LogP contribution in [-0.2, 0) is 36.3 Å². The Labute approximate surface area is 227 Å². The lowest BCUT2D eigenvalue weighted by Gasteiger charge is -2.33. The van der Waals surface area contributed by atoms with E-state index in [-0.39, 0.29) is 18.4 Å². The van der Waals surface area contributed by atoms with Gasteiger partial charge in [0.25, 0.3) is 10.2 Å². The maximum atomic E-state index is 13.1. The van der Waals surface area contributed by atoms with Gasteiger partial charge in [-0.25, -0.2) is 0 Å². The molecule has 3 aliphatic rings. The minimum atomic E-state index is -4.64. The van der Waals surface area contributed by atoms with E-state index in [1.54, 1.807) is 17.8 Å². The molecular formula is C27H26F6N4O2S. The lowest BCUT2D eigenvalue weighted by Crippen LogP contribution is -2.52. The van der Waals surface area contributed by atoms with Crippen LogP contribution in [0.3, 0.4) is 0 Å². The number of nitrogens with zero attached hydrogens (tertiary/aromatic N) is 3. The number of rotatable bonds is 3. The Morgan fingerprint density at radius 3 is 2.17 bits per heavy atom. The van der Waals surface area contributed by atoms with Crippen LogP contribution in [0.4, 0.5) is 26.3 Å². The van der Waals surface area contributed by atoms with E-state index in [1.165, 1.54) is 12.1 Å². The summed E-state index contributed by atoms with van der Waals surface area (Å²) < 4.78 is 109. The number of hydrogen-bond donors (Lipinski definition) is 1. The molecule has 2 aliphatic carbocycles. The van der Waals surface area contributed by atoms with Gasteiger partial charge in [0, 0.05) is 19.2 Å². The molecule has 2 heterocycles. The molecule has 1 saturated heterocycles. The first-order valence-corrected chi connectivity index (χ1v) is 14.3. The number of nitrogens with one attached hydrogen (secondary N) is 1. The maximum Gasteiger partial charge on any atom is 0.416 e. The molecule has 3 atom stereocenters. The molecule has 0 amide bonds. The summed E-state index contributed by atoms with van der Waals surface area (Å²) in [5.41, 5.74) is 2.99. The second-order valence-electron chi connectivity index (χ2n) is 11.0. The van der Waals surface area contributed by atoms with Gasteiger partial charge < -0.3 is 0 Å². The zero-order valence-corrected chi connectivity index (χ0v) is 22.2. The van der Waals surface area contributed by atoms with Crippen molar-refractivity contribution >= 4 is 10.2 Å². The quantitative estimate of drug-likeness (QED) is 0.423. The molecule has 6 rings (SSSR count). The number of fused-ring (bicyclic) bond motifs is 1. The average molecular weight is 585 g/mol. The van der Waals surface area contributed by atoms with Crippen molar-refractivity contribution in [2.24, 2.45) is 18.9 Å². The van der Waals surface area contributed by atoms with Crippen molar-refractivity contribution in [3.05, 3.63) is 65.2 Å². The fraction of sp³-hybridized carbons (Fsp3) is 0.444. The molecule has 6 nitrogen and oxygen atoms in total. The predicted octanol–water partition coefficient (Wildman–Crippen LogP) is 5.35. The molecule has 1 spiro atoms. The van der Waals surface area contributed by atoms with E-state index in [9.17, 15) is 34.8 Å². The third kappa shape index (κ3) is 4.71. The number of alkyl halides is 6. The fourth-order valence-corrected chi connectivity index (χ4v) is 8.42. The molecule has 1 aromatic heterocycles. The van der Waals surface area contributed by atoms with E-state index in [0.717, 1.165) is 35.2 Å². The Morgan fingerprint density at radius 1 is 0.925 bits per heavy atom. The molecule has 1 N–H and O–H groups in total. The van der Waals surface area contributed by atoms with Crippen molar-refractivity contribution in [1.29, 1.82) is 0 Å². The summed E-state index contributed by atoms with van der Waals surface area (Å²) >= 11 is 0. The van der Waals surface area contributed by atoms with Gasteiger partial charge in [-0.3, -0.25) is 4.68 Å². The molecule has 2 bridgehead atoms. The summed E-state index contributed by atoms with van der Waals surface area (Å²) in [4.78, 5) is 0. The average Bonchev–Trinajstić information content (AvgIpc) is 3.43. The van der Waals surface area contributed by atoms with Crippen LogP contribution in [0.2, 0.25) is 0 Å². The number of aryl methyl sites for hydroxylation is 1. The zero-order chi connectivity index (χ0) is 28.7. The minimum Gasteiger partial charge on any atom is -0.267 e. The van der Waals surface area contributed by atoms with Crippen LogP contribution < -0.4 is 4.72 Å². The van der Waals surface area contributed by atoms with E-state index in [0.29, 0.717) is 40.5 Å². The van der Waals surface area contributed by atoms with Crippen molar-refractivity contribution in [3.63, 3.8) is 0 Å². The minimum absolute atomic E-state index is 0.126. The van der Waals surface area contributed by atoms with E-state index < -0.39 is 40.2 Å². The largest absolute Gasteiger partial charge is 0.416 e. The third-order valence-electron chi connectivity index (χ3n) is 8.60. The van der Waals surface area contributed by atoms with Crippen LogP contribution in [0.1, 0.15) is 29.5 Å². The molecule has 0 radical (unpaired) electrons. The molecule has 1 saturated carbocycles. The first-order valence-electron chi connectivity index (χ1n) is 12.8. The summed E-state index contributed by atoms with van der Waals surface area (Å²) in [6.07, 6.45) is -6.56. The molecular weight excluding hydrogens is 558 g/mol. The first kappa shape index (κ1) is 27.3. The Kier molecular flexibility index (Phi) is 6.17. The maximum absolute atomic E-state index is 13.1. The monoisotopic (exact) mass is 584 g/mol. The van der Waals surface area contributed by atoms with Gasteiger partial charge in [0.05, 0.1) is 22.5 Å². The summed E-state index contributed by atoms with van der Waals surface area (Å²) in [7, 11) is -2.55. The van der Waals surface area contributed by atoms with Gasteiger partial charge in [0.15, 0.2) is 0 Å². The Morgan fingerprint density at radius 2 is 1.55 bits per heavy atom. The van der Waals surface area contributed by atoms with Crippen LogP contribution in [0.25, 0.3) is 22.5 Å². The van der Waals surface area contributed by atoms with Crippen LogP contribution >= 0.6 is 0 Å².